The van der Waals surface area contributed by atoms with Crippen molar-refractivity contribution >= 4 is 5.91 Å². The van der Waals surface area contributed by atoms with E-state index in [1.54, 1.807) is 0 Å². The van der Waals surface area contributed by atoms with Crippen LogP contribution in [0.5, 0.6) is 0 Å². The van der Waals surface area contributed by atoms with Crippen LogP contribution < -0.4 is 11.1 Å². The highest BCUT2D eigenvalue weighted by Crippen LogP contribution is 2.06. The highest BCUT2D eigenvalue weighted by molar-refractivity contribution is 5.81. The van der Waals surface area contributed by atoms with Crippen LogP contribution in [0.2, 0.25) is 0 Å². The highest BCUT2D eigenvalue weighted by Gasteiger charge is 2.13. The Morgan fingerprint density at radius 2 is 2.00 bits per heavy atom. The van der Waals surface area contributed by atoms with E-state index in [1.807, 2.05) is 0 Å². The van der Waals surface area contributed by atoms with Gasteiger partial charge in [-0.3, -0.25) is 4.79 Å². The molecule has 0 bridgehead atoms. The van der Waals surface area contributed by atoms with Crippen molar-refractivity contribution in [3.8, 4) is 0 Å². The van der Waals surface area contributed by atoms with E-state index in [2.05, 4.69) is 5.32 Å². The lowest BCUT2D eigenvalue weighted by Gasteiger charge is -2.08. The van der Waals surface area contributed by atoms with E-state index >= 15 is 0 Å². The van der Waals surface area contributed by atoms with Gasteiger partial charge in [-0.15, -0.1) is 0 Å². The number of nitrogens with two attached hydrogens (primary N) is 1. The van der Waals surface area contributed by atoms with Crippen molar-refractivity contribution in [1.29, 1.82) is 0 Å². The number of hydrogen-bond donors (Lipinski definition) is 2. The van der Waals surface area contributed by atoms with Crippen molar-refractivity contribution in [2.24, 2.45) is 5.73 Å². The van der Waals surface area contributed by atoms with E-state index in [0.29, 0.717) is 0 Å². The topological polar surface area (TPSA) is 55.1 Å². The Kier molecular flexibility index (Phi) is 3.36. The van der Waals surface area contributed by atoms with Gasteiger partial charge in [-0.25, -0.2) is 0 Å². The van der Waals surface area contributed by atoms with E-state index in [9.17, 15) is 4.79 Å². The molecule has 0 aliphatic carbocycles. The third-order valence-corrected chi connectivity index (χ3v) is 2.08. The first-order valence-corrected chi connectivity index (χ1v) is 4.34. The predicted octanol–water partition coefficient (Wildman–Crippen LogP) is 0.394. The molecule has 0 spiro atoms. The summed E-state index contributed by atoms with van der Waals surface area (Å²) >= 11 is 0. The zero-order chi connectivity index (χ0) is 8.10. The average molecular weight is 156 g/mol. The van der Waals surface area contributed by atoms with Gasteiger partial charge in [-0.1, -0.05) is 19.3 Å². The first-order chi connectivity index (χ1) is 5.30. The molecule has 1 atom stereocenters. The number of amides is 1. The minimum absolute atomic E-state index is 0.0203. The van der Waals surface area contributed by atoms with E-state index < -0.39 is 0 Å². The second-order valence-corrected chi connectivity index (χ2v) is 3.10. The summed E-state index contributed by atoms with van der Waals surface area (Å²) in [6.45, 7) is 0.798. The van der Waals surface area contributed by atoms with Crippen LogP contribution in [0.4, 0.5) is 0 Å². The van der Waals surface area contributed by atoms with Gasteiger partial charge in [0.05, 0.1) is 6.04 Å². The van der Waals surface area contributed by atoms with Crippen molar-refractivity contribution in [3.05, 3.63) is 0 Å². The lowest BCUT2D eigenvalue weighted by Crippen LogP contribution is -2.40. The zero-order valence-corrected chi connectivity index (χ0v) is 6.81. The van der Waals surface area contributed by atoms with Gasteiger partial charge >= 0.3 is 0 Å². The third kappa shape index (κ3) is 2.89. The summed E-state index contributed by atoms with van der Waals surface area (Å²) in [5.41, 5.74) is 5.61. The van der Waals surface area contributed by atoms with Crippen molar-refractivity contribution < 1.29 is 4.79 Å². The second kappa shape index (κ2) is 4.34. The smallest absolute Gasteiger partial charge is 0.236 e. The van der Waals surface area contributed by atoms with Gasteiger partial charge in [0.2, 0.25) is 5.91 Å². The highest BCUT2D eigenvalue weighted by atomic mass is 16.2. The first kappa shape index (κ1) is 8.53. The van der Waals surface area contributed by atoms with Crippen molar-refractivity contribution in [1.82, 2.24) is 5.32 Å². The van der Waals surface area contributed by atoms with Gasteiger partial charge in [-0.2, -0.15) is 0 Å². The SMILES string of the molecule is N[C@@H]1CCCCCCNC1=O. The van der Waals surface area contributed by atoms with E-state index in [0.717, 1.165) is 25.8 Å². The van der Waals surface area contributed by atoms with Crippen LogP contribution in [0, 0.1) is 0 Å². The monoisotopic (exact) mass is 156 g/mol. The molecule has 0 radical (unpaired) electrons. The molecular weight excluding hydrogens is 140 g/mol. The molecular formula is C8H16N2O. The maximum atomic E-state index is 11.1. The third-order valence-electron chi connectivity index (χ3n) is 2.08. The Morgan fingerprint density at radius 3 is 2.82 bits per heavy atom. The first-order valence-electron chi connectivity index (χ1n) is 4.34. The van der Waals surface area contributed by atoms with Crippen molar-refractivity contribution in [2.45, 2.75) is 38.1 Å². The van der Waals surface area contributed by atoms with Crippen LogP contribution in [-0.2, 0) is 4.79 Å². The van der Waals surface area contributed by atoms with E-state index in [1.165, 1.54) is 12.8 Å². The number of rotatable bonds is 0. The molecule has 1 rings (SSSR count). The molecule has 0 unspecified atom stereocenters. The number of nitrogens with one attached hydrogen (secondary N) is 1. The van der Waals surface area contributed by atoms with Gasteiger partial charge in [0.15, 0.2) is 0 Å². The minimum Gasteiger partial charge on any atom is -0.355 e. The molecule has 0 aromatic heterocycles. The molecule has 0 aromatic carbocycles. The molecule has 3 heteroatoms. The molecule has 3 nitrogen and oxygen atoms in total. The molecule has 1 saturated heterocycles. The Hall–Kier alpha value is -0.570. The molecule has 1 aliphatic rings. The average Bonchev–Trinajstić information content (AvgIpc) is 2.07. The maximum absolute atomic E-state index is 11.1. The number of carbonyl (C=O) groups is 1. The Bertz CT molecular complexity index is 136. The van der Waals surface area contributed by atoms with Crippen LogP contribution >= 0.6 is 0 Å². The fourth-order valence-corrected chi connectivity index (χ4v) is 1.32. The summed E-state index contributed by atoms with van der Waals surface area (Å²) in [5, 5.41) is 2.81. The zero-order valence-electron chi connectivity index (χ0n) is 6.81. The van der Waals surface area contributed by atoms with Crippen LogP contribution in [0.25, 0.3) is 0 Å². The number of carbonyl (C=O) groups excluding carboxylic acids is 1. The van der Waals surface area contributed by atoms with Gasteiger partial charge in [0.25, 0.3) is 0 Å². The molecule has 3 N–H and O–H groups in total. The summed E-state index contributed by atoms with van der Waals surface area (Å²) in [5.74, 6) is 0.0203. The standard InChI is InChI=1S/C8H16N2O/c9-7-5-3-1-2-4-6-10-8(7)11/h7H,1-6,9H2,(H,10,11)/t7-/m1/s1. The lowest BCUT2D eigenvalue weighted by molar-refractivity contribution is -0.122. The molecule has 0 aromatic rings. The van der Waals surface area contributed by atoms with Crippen LogP contribution in [0.3, 0.4) is 0 Å². The Labute approximate surface area is 67.3 Å². The van der Waals surface area contributed by atoms with E-state index in [-0.39, 0.29) is 11.9 Å². The second-order valence-electron chi connectivity index (χ2n) is 3.10. The summed E-state index contributed by atoms with van der Waals surface area (Å²) in [4.78, 5) is 11.1. The molecule has 1 aliphatic heterocycles. The molecule has 1 fully saturated rings. The van der Waals surface area contributed by atoms with Crippen LogP contribution in [0.1, 0.15) is 32.1 Å². The van der Waals surface area contributed by atoms with Crippen molar-refractivity contribution in [2.75, 3.05) is 6.54 Å². The molecule has 11 heavy (non-hydrogen) atoms. The van der Waals surface area contributed by atoms with Gasteiger partial charge < -0.3 is 11.1 Å². The summed E-state index contributed by atoms with van der Waals surface area (Å²) < 4.78 is 0. The van der Waals surface area contributed by atoms with Crippen LogP contribution in [-0.4, -0.2) is 18.5 Å². The van der Waals surface area contributed by atoms with Crippen LogP contribution in [0.15, 0.2) is 0 Å². The normalized spacial score (nSPS) is 28.1. The fraction of sp³-hybridized carbons (Fsp3) is 0.875. The van der Waals surface area contributed by atoms with Gasteiger partial charge in [-0.05, 0) is 12.8 Å². The van der Waals surface area contributed by atoms with E-state index in [4.69, 9.17) is 5.73 Å². The summed E-state index contributed by atoms with van der Waals surface area (Å²) in [6, 6.07) is -0.270. The Balaban J connectivity index is 2.35. The molecule has 1 heterocycles. The predicted molar refractivity (Wildman–Crippen MR) is 44.1 cm³/mol. The number of hydrogen-bond acceptors (Lipinski definition) is 2. The quantitative estimate of drug-likeness (QED) is 0.533. The lowest BCUT2D eigenvalue weighted by atomic mass is 10.1. The summed E-state index contributed by atoms with van der Waals surface area (Å²) in [6.07, 6.45) is 5.45. The molecule has 1 amide bonds. The largest absolute Gasteiger partial charge is 0.355 e. The maximum Gasteiger partial charge on any atom is 0.236 e. The molecule has 0 saturated carbocycles. The van der Waals surface area contributed by atoms with Crippen molar-refractivity contribution in [3.63, 3.8) is 0 Å². The van der Waals surface area contributed by atoms with Gasteiger partial charge in [0.1, 0.15) is 0 Å². The summed E-state index contributed by atoms with van der Waals surface area (Å²) in [7, 11) is 0. The minimum atomic E-state index is -0.270. The fourth-order valence-electron chi connectivity index (χ4n) is 1.32. The Morgan fingerprint density at radius 1 is 1.27 bits per heavy atom. The molecule has 64 valence electrons. The van der Waals surface area contributed by atoms with Gasteiger partial charge in [0, 0.05) is 6.54 Å².